The standard InChI is InChI=1S/C18H16O6/c1-21-12-8-14(20)18(17(9-12)22-2)13(19)5-3-11-4-6-15-16(7-11)24-10-23-15/h3-9,20H,10H2,1-2H3. The van der Waals surface area contributed by atoms with E-state index in [0.717, 1.165) is 5.56 Å². The molecule has 0 saturated heterocycles. The molecule has 1 aliphatic heterocycles. The molecule has 3 rings (SSSR count). The first-order chi connectivity index (χ1) is 11.6. The Balaban J connectivity index is 1.87. The van der Waals surface area contributed by atoms with Gasteiger partial charge < -0.3 is 24.1 Å². The van der Waals surface area contributed by atoms with Crippen LogP contribution in [0.25, 0.3) is 6.08 Å². The lowest BCUT2D eigenvalue weighted by molar-refractivity contribution is 0.104. The number of benzene rings is 2. The molecule has 0 aliphatic carbocycles. The molecular formula is C18H16O6. The van der Waals surface area contributed by atoms with Crippen LogP contribution in [0.3, 0.4) is 0 Å². The van der Waals surface area contributed by atoms with Crippen molar-refractivity contribution in [2.24, 2.45) is 0 Å². The van der Waals surface area contributed by atoms with Crippen molar-refractivity contribution in [3.63, 3.8) is 0 Å². The molecule has 0 radical (unpaired) electrons. The zero-order valence-electron chi connectivity index (χ0n) is 13.2. The fraction of sp³-hybridized carbons (Fsp3) is 0.167. The second-order valence-electron chi connectivity index (χ2n) is 5.03. The van der Waals surface area contributed by atoms with Gasteiger partial charge >= 0.3 is 0 Å². The number of ketones is 1. The van der Waals surface area contributed by atoms with Gasteiger partial charge in [0.25, 0.3) is 0 Å². The van der Waals surface area contributed by atoms with E-state index in [1.54, 1.807) is 24.3 Å². The molecule has 1 heterocycles. The minimum absolute atomic E-state index is 0.0790. The first-order valence-corrected chi connectivity index (χ1v) is 7.19. The van der Waals surface area contributed by atoms with Gasteiger partial charge in [-0.2, -0.15) is 0 Å². The molecule has 1 N–H and O–H groups in total. The number of allylic oxidation sites excluding steroid dienone is 1. The molecule has 24 heavy (non-hydrogen) atoms. The molecule has 6 nitrogen and oxygen atoms in total. The monoisotopic (exact) mass is 328 g/mol. The Morgan fingerprint density at radius 1 is 1.12 bits per heavy atom. The quantitative estimate of drug-likeness (QED) is 0.672. The van der Waals surface area contributed by atoms with E-state index >= 15 is 0 Å². The Kier molecular flexibility index (Phi) is 4.29. The van der Waals surface area contributed by atoms with Crippen LogP contribution in [0, 0.1) is 0 Å². The lowest BCUT2D eigenvalue weighted by Gasteiger charge is -2.10. The smallest absolute Gasteiger partial charge is 0.231 e. The molecule has 1 aliphatic rings. The summed E-state index contributed by atoms with van der Waals surface area (Å²) in [6.45, 7) is 0.193. The highest BCUT2D eigenvalue weighted by Gasteiger charge is 2.17. The Hall–Kier alpha value is -3.15. The largest absolute Gasteiger partial charge is 0.507 e. The molecule has 0 atom stereocenters. The molecule has 124 valence electrons. The van der Waals surface area contributed by atoms with Gasteiger partial charge in [-0.1, -0.05) is 12.1 Å². The lowest BCUT2D eigenvalue weighted by atomic mass is 10.1. The first-order valence-electron chi connectivity index (χ1n) is 7.19. The summed E-state index contributed by atoms with van der Waals surface area (Å²) in [7, 11) is 2.89. The van der Waals surface area contributed by atoms with Gasteiger partial charge in [0.1, 0.15) is 22.8 Å². The molecule has 6 heteroatoms. The number of phenolic OH excluding ortho intramolecular Hbond substituents is 1. The van der Waals surface area contributed by atoms with Gasteiger partial charge in [-0.15, -0.1) is 0 Å². The molecular weight excluding hydrogens is 312 g/mol. The van der Waals surface area contributed by atoms with E-state index in [9.17, 15) is 9.90 Å². The van der Waals surface area contributed by atoms with Gasteiger partial charge in [0, 0.05) is 12.1 Å². The molecule has 0 saturated carbocycles. The SMILES string of the molecule is COc1cc(O)c(C(=O)C=Cc2ccc3c(c2)OCO3)c(OC)c1. The molecule has 0 unspecified atom stereocenters. The lowest BCUT2D eigenvalue weighted by Crippen LogP contribution is -2.00. The average molecular weight is 328 g/mol. The zero-order valence-corrected chi connectivity index (χ0v) is 13.2. The number of aromatic hydroxyl groups is 1. The minimum Gasteiger partial charge on any atom is -0.507 e. The highest BCUT2D eigenvalue weighted by Crippen LogP contribution is 2.35. The molecule has 0 fully saturated rings. The fourth-order valence-corrected chi connectivity index (χ4v) is 2.37. The van der Waals surface area contributed by atoms with Crippen molar-refractivity contribution >= 4 is 11.9 Å². The number of carbonyl (C=O) groups is 1. The summed E-state index contributed by atoms with van der Waals surface area (Å²) < 4.78 is 20.8. The Morgan fingerprint density at radius 2 is 1.92 bits per heavy atom. The molecule has 0 spiro atoms. The van der Waals surface area contributed by atoms with Gasteiger partial charge in [0.15, 0.2) is 17.3 Å². The molecule has 2 aromatic carbocycles. The topological polar surface area (TPSA) is 74.2 Å². The minimum atomic E-state index is -0.385. The number of ether oxygens (including phenoxy) is 4. The van der Waals surface area contributed by atoms with Crippen molar-refractivity contribution in [2.75, 3.05) is 21.0 Å². The highest BCUT2D eigenvalue weighted by molar-refractivity contribution is 6.10. The van der Waals surface area contributed by atoms with Gasteiger partial charge in [-0.25, -0.2) is 0 Å². The van der Waals surface area contributed by atoms with Gasteiger partial charge in [0.2, 0.25) is 6.79 Å². The second kappa shape index (κ2) is 6.54. The van der Waals surface area contributed by atoms with Gasteiger partial charge in [0.05, 0.1) is 14.2 Å². The van der Waals surface area contributed by atoms with Crippen LogP contribution in [0.5, 0.6) is 28.7 Å². The van der Waals surface area contributed by atoms with Crippen molar-refractivity contribution in [3.8, 4) is 28.7 Å². The van der Waals surface area contributed by atoms with Gasteiger partial charge in [-0.3, -0.25) is 4.79 Å². The van der Waals surface area contributed by atoms with Crippen molar-refractivity contribution in [2.45, 2.75) is 0 Å². The summed E-state index contributed by atoms with van der Waals surface area (Å²) >= 11 is 0. The van der Waals surface area contributed by atoms with Crippen LogP contribution >= 0.6 is 0 Å². The van der Waals surface area contributed by atoms with Crippen LogP contribution in [0.4, 0.5) is 0 Å². The maximum absolute atomic E-state index is 12.4. The Morgan fingerprint density at radius 3 is 2.67 bits per heavy atom. The molecule has 0 bridgehead atoms. The maximum Gasteiger partial charge on any atom is 0.231 e. The second-order valence-corrected chi connectivity index (χ2v) is 5.03. The zero-order chi connectivity index (χ0) is 17.1. The number of rotatable bonds is 5. The number of carbonyl (C=O) groups excluding carboxylic acids is 1. The summed E-state index contributed by atoms with van der Waals surface area (Å²) in [5.74, 6) is 1.37. The van der Waals surface area contributed by atoms with E-state index in [-0.39, 0.29) is 29.6 Å². The van der Waals surface area contributed by atoms with E-state index < -0.39 is 0 Å². The third kappa shape index (κ3) is 2.99. The van der Waals surface area contributed by atoms with Crippen molar-refractivity contribution in [1.29, 1.82) is 0 Å². The average Bonchev–Trinajstić information content (AvgIpc) is 3.06. The van der Waals surface area contributed by atoms with E-state index in [1.165, 1.54) is 26.4 Å². The van der Waals surface area contributed by atoms with E-state index in [4.69, 9.17) is 18.9 Å². The number of hydrogen-bond acceptors (Lipinski definition) is 6. The number of hydrogen-bond donors (Lipinski definition) is 1. The number of phenols is 1. The first kappa shape index (κ1) is 15.7. The maximum atomic E-state index is 12.4. The summed E-state index contributed by atoms with van der Waals surface area (Å²) in [6, 6.07) is 8.27. The van der Waals surface area contributed by atoms with Crippen LogP contribution in [0.2, 0.25) is 0 Å². The normalized spacial score (nSPS) is 12.4. The van der Waals surface area contributed by atoms with Crippen LogP contribution in [0.15, 0.2) is 36.4 Å². The van der Waals surface area contributed by atoms with Crippen LogP contribution in [0.1, 0.15) is 15.9 Å². The Labute approximate surface area is 138 Å². The van der Waals surface area contributed by atoms with Crippen molar-refractivity contribution in [1.82, 2.24) is 0 Å². The summed E-state index contributed by atoms with van der Waals surface area (Å²) in [5.41, 5.74) is 0.856. The van der Waals surface area contributed by atoms with E-state index in [2.05, 4.69) is 0 Å². The molecule has 0 amide bonds. The van der Waals surface area contributed by atoms with Crippen LogP contribution < -0.4 is 18.9 Å². The highest BCUT2D eigenvalue weighted by atomic mass is 16.7. The summed E-state index contributed by atoms with van der Waals surface area (Å²) in [6.07, 6.45) is 3.00. The Bertz CT molecular complexity index is 809. The van der Waals surface area contributed by atoms with Gasteiger partial charge in [-0.05, 0) is 23.8 Å². The molecule has 2 aromatic rings. The van der Waals surface area contributed by atoms with Crippen molar-refractivity contribution < 1.29 is 28.8 Å². The summed E-state index contributed by atoms with van der Waals surface area (Å²) in [5, 5.41) is 10.1. The number of fused-ring (bicyclic) bond motifs is 1. The summed E-state index contributed by atoms with van der Waals surface area (Å²) in [4.78, 5) is 12.4. The van der Waals surface area contributed by atoms with Crippen LogP contribution in [-0.4, -0.2) is 31.9 Å². The van der Waals surface area contributed by atoms with Crippen LogP contribution in [-0.2, 0) is 0 Å². The predicted molar refractivity (Wildman–Crippen MR) is 87.1 cm³/mol. The van der Waals surface area contributed by atoms with E-state index in [1.807, 2.05) is 6.07 Å². The van der Waals surface area contributed by atoms with E-state index in [0.29, 0.717) is 17.2 Å². The number of methoxy groups -OCH3 is 2. The van der Waals surface area contributed by atoms with Crippen molar-refractivity contribution in [3.05, 3.63) is 47.5 Å². The fourth-order valence-electron chi connectivity index (χ4n) is 2.37. The molecule has 0 aromatic heterocycles. The third-order valence-corrected chi connectivity index (χ3v) is 3.58. The predicted octanol–water partition coefficient (Wildman–Crippen LogP) is 3.03. The third-order valence-electron chi connectivity index (χ3n) is 3.58.